The standard InChI is InChI=1S/C11H22N6/c1-8(2)6-5-7-13-10-14-9(12)15-11(16-10)17(3)4/h8H,5-7H2,1-4H3,(H3,12,13,14,15,16). The summed E-state index contributed by atoms with van der Waals surface area (Å²) in [7, 11) is 3.74. The molecule has 0 fully saturated rings. The summed E-state index contributed by atoms with van der Waals surface area (Å²) in [4.78, 5) is 14.1. The molecule has 0 amide bonds. The fraction of sp³-hybridized carbons (Fsp3) is 0.727. The highest BCUT2D eigenvalue weighted by Gasteiger charge is 2.05. The summed E-state index contributed by atoms with van der Waals surface area (Å²) in [5.74, 6) is 2.08. The van der Waals surface area contributed by atoms with Gasteiger partial charge in [0.15, 0.2) is 0 Å². The molecule has 0 atom stereocenters. The first-order chi connectivity index (χ1) is 7.99. The fourth-order valence-electron chi connectivity index (χ4n) is 1.37. The number of hydrogen-bond acceptors (Lipinski definition) is 6. The van der Waals surface area contributed by atoms with E-state index in [4.69, 9.17) is 5.73 Å². The first-order valence-corrected chi connectivity index (χ1v) is 5.91. The van der Waals surface area contributed by atoms with Gasteiger partial charge in [-0.2, -0.15) is 15.0 Å². The Morgan fingerprint density at radius 3 is 2.53 bits per heavy atom. The van der Waals surface area contributed by atoms with E-state index in [9.17, 15) is 0 Å². The second-order valence-corrected chi connectivity index (χ2v) is 4.67. The summed E-state index contributed by atoms with van der Waals surface area (Å²) < 4.78 is 0. The molecule has 0 aliphatic heterocycles. The summed E-state index contributed by atoms with van der Waals surface area (Å²) >= 11 is 0. The van der Waals surface area contributed by atoms with Crippen LogP contribution in [0.5, 0.6) is 0 Å². The number of anilines is 3. The summed E-state index contributed by atoms with van der Waals surface area (Å²) in [6.07, 6.45) is 2.29. The average molecular weight is 238 g/mol. The molecule has 0 saturated carbocycles. The van der Waals surface area contributed by atoms with E-state index in [0.717, 1.165) is 18.9 Å². The maximum Gasteiger partial charge on any atom is 0.231 e. The van der Waals surface area contributed by atoms with E-state index < -0.39 is 0 Å². The van der Waals surface area contributed by atoms with Gasteiger partial charge in [0, 0.05) is 20.6 Å². The minimum absolute atomic E-state index is 0.245. The molecule has 0 spiro atoms. The van der Waals surface area contributed by atoms with Crippen LogP contribution in [0.1, 0.15) is 26.7 Å². The van der Waals surface area contributed by atoms with Crippen LogP contribution in [0, 0.1) is 5.92 Å². The van der Waals surface area contributed by atoms with Crippen molar-refractivity contribution < 1.29 is 0 Å². The van der Waals surface area contributed by atoms with Crippen molar-refractivity contribution in [2.45, 2.75) is 26.7 Å². The molecule has 6 heteroatoms. The van der Waals surface area contributed by atoms with Crippen LogP contribution in [-0.2, 0) is 0 Å². The Kier molecular flexibility index (Phi) is 4.93. The molecule has 0 bridgehead atoms. The predicted octanol–water partition coefficient (Wildman–Crippen LogP) is 1.37. The third kappa shape index (κ3) is 4.84. The zero-order valence-corrected chi connectivity index (χ0v) is 11.1. The highest BCUT2D eigenvalue weighted by molar-refractivity contribution is 5.40. The van der Waals surface area contributed by atoms with E-state index in [2.05, 4.69) is 34.1 Å². The van der Waals surface area contributed by atoms with Gasteiger partial charge in [-0.1, -0.05) is 13.8 Å². The van der Waals surface area contributed by atoms with Gasteiger partial charge in [-0.25, -0.2) is 0 Å². The lowest BCUT2D eigenvalue weighted by atomic mass is 10.1. The van der Waals surface area contributed by atoms with Crippen LogP contribution in [0.25, 0.3) is 0 Å². The van der Waals surface area contributed by atoms with Gasteiger partial charge in [0.25, 0.3) is 0 Å². The first kappa shape index (κ1) is 13.5. The van der Waals surface area contributed by atoms with Crippen LogP contribution in [0.15, 0.2) is 0 Å². The fourth-order valence-corrected chi connectivity index (χ4v) is 1.37. The van der Waals surface area contributed by atoms with Crippen LogP contribution < -0.4 is 16.0 Å². The topological polar surface area (TPSA) is 80.0 Å². The average Bonchev–Trinajstić information content (AvgIpc) is 2.23. The van der Waals surface area contributed by atoms with Crippen molar-refractivity contribution in [2.75, 3.05) is 36.6 Å². The molecule has 3 N–H and O–H groups in total. The molecule has 96 valence electrons. The first-order valence-electron chi connectivity index (χ1n) is 5.91. The molecule has 0 unspecified atom stereocenters. The number of nitrogens with two attached hydrogens (primary N) is 1. The SMILES string of the molecule is CC(C)CCCNc1nc(N)nc(N(C)C)n1. The third-order valence-corrected chi connectivity index (χ3v) is 2.28. The smallest absolute Gasteiger partial charge is 0.231 e. The van der Waals surface area contributed by atoms with Gasteiger partial charge in [-0.15, -0.1) is 0 Å². The monoisotopic (exact) mass is 238 g/mol. The largest absolute Gasteiger partial charge is 0.368 e. The van der Waals surface area contributed by atoms with Crippen molar-refractivity contribution in [3.05, 3.63) is 0 Å². The van der Waals surface area contributed by atoms with Gasteiger partial charge < -0.3 is 16.0 Å². The Balaban J connectivity index is 2.53. The van der Waals surface area contributed by atoms with Crippen LogP contribution in [0.2, 0.25) is 0 Å². The number of nitrogen functional groups attached to an aromatic ring is 1. The summed E-state index contributed by atoms with van der Waals surface area (Å²) in [5, 5.41) is 3.17. The Morgan fingerprint density at radius 1 is 1.24 bits per heavy atom. The van der Waals surface area contributed by atoms with Crippen molar-refractivity contribution >= 4 is 17.8 Å². The molecule has 1 rings (SSSR count). The van der Waals surface area contributed by atoms with Gasteiger partial charge in [0.2, 0.25) is 17.8 Å². The number of nitrogens with zero attached hydrogens (tertiary/aromatic N) is 4. The molecule has 0 aliphatic rings. The van der Waals surface area contributed by atoms with Crippen molar-refractivity contribution in [1.29, 1.82) is 0 Å². The molecule has 1 aromatic heterocycles. The minimum atomic E-state index is 0.245. The van der Waals surface area contributed by atoms with E-state index in [1.54, 1.807) is 4.90 Å². The molecule has 6 nitrogen and oxygen atoms in total. The maximum absolute atomic E-state index is 5.62. The van der Waals surface area contributed by atoms with Crippen LogP contribution >= 0.6 is 0 Å². The summed E-state index contributed by atoms with van der Waals surface area (Å²) in [6, 6.07) is 0. The summed E-state index contributed by atoms with van der Waals surface area (Å²) in [5.41, 5.74) is 5.62. The highest BCUT2D eigenvalue weighted by atomic mass is 15.3. The molecular weight excluding hydrogens is 216 g/mol. The van der Waals surface area contributed by atoms with E-state index >= 15 is 0 Å². The number of aromatic nitrogens is 3. The van der Waals surface area contributed by atoms with Crippen LogP contribution in [0.4, 0.5) is 17.8 Å². The van der Waals surface area contributed by atoms with Gasteiger partial charge in [-0.05, 0) is 18.8 Å². The van der Waals surface area contributed by atoms with Gasteiger partial charge in [0.1, 0.15) is 0 Å². The zero-order valence-electron chi connectivity index (χ0n) is 11.1. The Hall–Kier alpha value is -1.59. The second kappa shape index (κ2) is 6.22. The van der Waals surface area contributed by atoms with E-state index in [0.29, 0.717) is 11.9 Å². The van der Waals surface area contributed by atoms with Gasteiger partial charge in [0.05, 0.1) is 0 Å². The summed E-state index contributed by atoms with van der Waals surface area (Å²) in [6.45, 7) is 5.28. The second-order valence-electron chi connectivity index (χ2n) is 4.67. The zero-order chi connectivity index (χ0) is 12.8. The lowest BCUT2D eigenvalue weighted by molar-refractivity contribution is 0.566. The van der Waals surface area contributed by atoms with Crippen LogP contribution in [0.3, 0.4) is 0 Å². The van der Waals surface area contributed by atoms with E-state index in [1.165, 1.54) is 6.42 Å². The number of rotatable bonds is 6. The van der Waals surface area contributed by atoms with Gasteiger partial charge >= 0.3 is 0 Å². The Labute approximate surface area is 103 Å². The quantitative estimate of drug-likeness (QED) is 0.729. The van der Waals surface area contributed by atoms with Crippen molar-refractivity contribution in [3.63, 3.8) is 0 Å². The Bertz CT molecular complexity index is 350. The molecule has 0 saturated heterocycles. The van der Waals surface area contributed by atoms with E-state index in [1.807, 2.05) is 14.1 Å². The molecule has 0 aliphatic carbocycles. The molecule has 1 aromatic rings. The van der Waals surface area contributed by atoms with E-state index in [-0.39, 0.29) is 5.95 Å². The van der Waals surface area contributed by atoms with Gasteiger partial charge in [-0.3, -0.25) is 0 Å². The normalized spacial score (nSPS) is 10.6. The molecule has 0 radical (unpaired) electrons. The molecular formula is C11H22N6. The Morgan fingerprint density at radius 2 is 1.94 bits per heavy atom. The van der Waals surface area contributed by atoms with Crippen molar-refractivity contribution in [1.82, 2.24) is 15.0 Å². The lowest BCUT2D eigenvalue weighted by Crippen LogP contribution is -2.17. The third-order valence-electron chi connectivity index (χ3n) is 2.28. The van der Waals surface area contributed by atoms with Crippen molar-refractivity contribution in [2.24, 2.45) is 5.92 Å². The number of hydrogen-bond donors (Lipinski definition) is 2. The number of nitrogens with one attached hydrogen (secondary N) is 1. The molecule has 1 heterocycles. The van der Waals surface area contributed by atoms with Crippen LogP contribution in [-0.4, -0.2) is 35.6 Å². The minimum Gasteiger partial charge on any atom is -0.368 e. The van der Waals surface area contributed by atoms with Crippen molar-refractivity contribution in [3.8, 4) is 0 Å². The molecule has 17 heavy (non-hydrogen) atoms. The highest BCUT2D eigenvalue weighted by Crippen LogP contribution is 2.09. The predicted molar refractivity (Wildman–Crippen MR) is 71.1 cm³/mol. The lowest BCUT2D eigenvalue weighted by Gasteiger charge is -2.12. The maximum atomic E-state index is 5.62. The molecule has 0 aromatic carbocycles.